The molecule has 21 heavy (non-hydrogen) atoms. The predicted molar refractivity (Wildman–Crippen MR) is 89.9 cm³/mol. The molecule has 0 aliphatic heterocycles. The van der Waals surface area contributed by atoms with E-state index in [1.54, 1.807) is 11.0 Å². The van der Waals surface area contributed by atoms with Crippen molar-refractivity contribution in [2.24, 2.45) is 0 Å². The Labute approximate surface area is 129 Å². The van der Waals surface area contributed by atoms with Crippen molar-refractivity contribution in [3.05, 3.63) is 34.9 Å². The van der Waals surface area contributed by atoms with Crippen LogP contribution in [0.5, 0.6) is 0 Å². The summed E-state index contributed by atoms with van der Waals surface area (Å²) in [6.45, 7) is 10.9. The van der Waals surface area contributed by atoms with E-state index >= 15 is 0 Å². The van der Waals surface area contributed by atoms with E-state index in [0.717, 1.165) is 27.9 Å². The number of hydrogen-bond donors (Lipinski definition) is 1. The molecule has 0 aliphatic carbocycles. The monoisotopic (exact) mass is 303 g/mol. The molecule has 4 nitrogen and oxygen atoms in total. The minimum Gasteiger partial charge on any atom is -0.397 e. The Bertz CT molecular complexity index is 690. The number of rotatable bonds is 5. The van der Waals surface area contributed by atoms with Gasteiger partial charge in [-0.2, -0.15) is 0 Å². The number of nitrogens with two attached hydrogens (primary N) is 1. The van der Waals surface area contributed by atoms with Crippen molar-refractivity contribution in [3.8, 4) is 0 Å². The highest BCUT2D eigenvalue weighted by molar-refractivity contribution is 7.21. The summed E-state index contributed by atoms with van der Waals surface area (Å²) in [5.41, 5.74) is 8.78. The number of nitrogens with zero attached hydrogens (tertiary/aromatic N) is 2. The first-order valence-electron chi connectivity index (χ1n) is 7.06. The summed E-state index contributed by atoms with van der Waals surface area (Å²) < 4.78 is 0. The van der Waals surface area contributed by atoms with E-state index in [-0.39, 0.29) is 5.91 Å². The minimum atomic E-state index is -0.0331. The van der Waals surface area contributed by atoms with Crippen LogP contribution in [0, 0.1) is 13.8 Å². The van der Waals surface area contributed by atoms with Crippen LogP contribution in [-0.4, -0.2) is 28.9 Å². The zero-order chi connectivity index (χ0) is 15.6. The van der Waals surface area contributed by atoms with E-state index in [0.29, 0.717) is 23.7 Å². The van der Waals surface area contributed by atoms with Gasteiger partial charge in [0.25, 0.3) is 5.91 Å². The fraction of sp³-hybridized carbons (Fsp3) is 0.375. The lowest BCUT2D eigenvalue weighted by molar-refractivity contribution is 0.0780. The first kappa shape index (κ1) is 15.5. The van der Waals surface area contributed by atoms with Crippen molar-refractivity contribution in [2.75, 3.05) is 18.8 Å². The Kier molecular flexibility index (Phi) is 4.63. The summed E-state index contributed by atoms with van der Waals surface area (Å²) in [6.07, 6.45) is 2.64. The summed E-state index contributed by atoms with van der Waals surface area (Å²) >= 11 is 1.38. The molecule has 2 rings (SSSR count). The number of nitrogen functional groups attached to an aromatic ring is 1. The number of hydrogen-bond acceptors (Lipinski definition) is 4. The normalized spacial score (nSPS) is 10.8. The number of carbonyl (C=O) groups is 1. The second kappa shape index (κ2) is 6.26. The Morgan fingerprint density at radius 2 is 2.24 bits per heavy atom. The molecule has 0 unspecified atom stereocenters. The van der Waals surface area contributed by atoms with E-state index in [2.05, 4.69) is 11.6 Å². The molecule has 2 heterocycles. The van der Waals surface area contributed by atoms with Gasteiger partial charge >= 0.3 is 0 Å². The van der Waals surface area contributed by atoms with Gasteiger partial charge in [0.1, 0.15) is 9.71 Å². The summed E-state index contributed by atoms with van der Waals surface area (Å²) in [6, 6.07) is 1.99. The summed E-state index contributed by atoms with van der Waals surface area (Å²) in [5.74, 6) is -0.0331. The van der Waals surface area contributed by atoms with Crippen LogP contribution in [0.15, 0.2) is 18.7 Å². The van der Waals surface area contributed by atoms with Crippen LogP contribution in [0.3, 0.4) is 0 Å². The van der Waals surface area contributed by atoms with Gasteiger partial charge in [0, 0.05) is 24.2 Å². The number of pyridine rings is 1. The molecule has 0 spiro atoms. The topological polar surface area (TPSA) is 59.2 Å². The molecule has 0 radical (unpaired) electrons. The van der Waals surface area contributed by atoms with Gasteiger partial charge < -0.3 is 10.6 Å². The number of aryl methyl sites for hydroxylation is 2. The molecule has 0 aromatic carbocycles. The van der Waals surface area contributed by atoms with E-state index in [1.807, 2.05) is 26.8 Å². The average molecular weight is 303 g/mol. The number of amides is 1. The van der Waals surface area contributed by atoms with Crippen LogP contribution in [0.1, 0.15) is 34.3 Å². The van der Waals surface area contributed by atoms with Crippen molar-refractivity contribution in [2.45, 2.75) is 27.2 Å². The molecule has 0 saturated heterocycles. The standard InChI is InChI=1S/C16H21N3OS/c1-5-7-19(8-6-2)16(20)14-13(17)12-10(3)9-11(4)18-15(12)21-14/h5,9H,1,6-8,17H2,2-4H3. The van der Waals surface area contributed by atoms with Gasteiger partial charge in [-0.25, -0.2) is 4.98 Å². The molecule has 0 fully saturated rings. The SMILES string of the molecule is C=CCN(CCC)C(=O)c1sc2nc(C)cc(C)c2c1N. The molecular weight excluding hydrogens is 282 g/mol. The number of fused-ring (bicyclic) bond motifs is 1. The van der Waals surface area contributed by atoms with Gasteiger partial charge in [-0.15, -0.1) is 17.9 Å². The van der Waals surface area contributed by atoms with Gasteiger partial charge in [0.15, 0.2) is 0 Å². The first-order valence-corrected chi connectivity index (χ1v) is 7.87. The maximum absolute atomic E-state index is 12.7. The molecular formula is C16H21N3OS. The Balaban J connectivity index is 2.50. The zero-order valence-corrected chi connectivity index (χ0v) is 13.6. The molecule has 2 aromatic heterocycles. The van der Waals surface area contributed by atoms with Crippen molar-refractivity contribution in [3.63, 3.8) is 0 Å². The fourth-order valence-corrected chi connectivity index (χ4v) is 3.66. The average Bonchev–Trinajstić information content (AvgIpc) is 2.74. The van der Waals surface area contributed by atoms with Crippen molar-refractivity contribution < 1.29 is 4.79 Å². The second-order valence-electron chi connectivity index (χ2n) is 5.15. The molecule has 0 saturated carbocycles. The zero-order valence-electron chi connectivity index (χ0n) is 12.8. The smallest absolute Gasteiger partial charge is 0.266 e. The summed E-state index contributed by atoms with van der Waals surface area (Å²) in [5, 5.41) is 0.906. The fourth-order valence-electron chi connectivity index (χ4n) is 2.47. The highest BCUT2D eigenvalue weighted by atomic mass is 32.1. The lowest BCUT2D eigenvalue weighted by Crippen LogP contribution is -2.31. The van der Waals surface area contributed by atoms with Crippen LogP contribution >= 0.6 is 11.3 Å². The van der Waals surface area contributed by atoms with Crippen molar-refractivity contribution in [1.82, 2.24) is 9.88 Å². The van der Waals surface area contributed by atoms with Crippen LogP contribution in [-0.2, 0) is 0 Å². The molecule has 1 amide bonds. The molecule has 0 atom stereocenters. The van der Waals surface area contributed by atoms with Gasteiger partial charge in [-0.3, -0.25) is 4.79 Å². The number of thiophene rings is 1. The van der Waals surface area contributed by atoms with E-state index < -0.39 is 0 Å². The summed E-state index contributed by atoms with van der Waals surface area (Å²) in [7, 11) is 0. The number of carbonyl (C=O) groups excluding carboxylic acids is 1. The van der Waals surface area contributed by atoms with Gasteiger partial charge in [0.05, 0.1) is 5.69 Å². The lowest BCUT2D eigenvalue weighted by Gasteiger charge is -2.19. The highest BCUT2D eigenvalue weighted by Crippen LogP contribution is 2.35. The van der Waals surface area contributed by atoms with E-state index in [1.165, 1.54) is 11.3 Å². The minimum absolute atomic E-state index is 0.0331. The van der Waals surface area contributed by atoms with Crippen LogP contribution in [0.2, 0.25) is 0 Å². The van der Waals surface area contributed by atoms with Gasteiger partial charge in [-0.05, 0) is 31.9 Å². The molecule has 2 aromatic rings. The third-order valence-electron chi connectivity index (χ3n) is 3.35. The third-order valence-corrected chi connectivity index (χ3v) is 4.44. The largest absolute Gasteiger partial charge is 0.397 e. The van der Waals surface area contributed by atoms with E-state index in [4.69, 9.17) is 5.73 Å². The number of aromatic nitrogens is 1. The van der Waals surface area contributed by atoms with Crippen LogP contribution in [0.25, 0.3) is 10.2 Å². The molecule has 2 N–H and O–H groups in total. The first-order chi connectivity index (χ1) is 9.99. The number of anilines is 1. The molecule has 5 heteroatoms. The van der Waals surface area contributed by atoms with Crippen molar-refractivity contribution in [1.29, 1.82) is 0 Å². The molecule has 0 aliphatic rings. The van der Waals surface area contributed by atoms with Crippen LogP contribution in [0.4, 0.5) is 5.69 Å². The maximum Gasteiger partial charge on any atom is 0.266 e. The van der Waals surface area contributed by atoms with Crippen molar-refractivity contribution >= 4 is 33.1 Å². The Morgan fingerprint density at radius 3 is 2.86 bits per heavy atom. The highest BCUT2D eigenvalue weighted by Gasteiger charge is 2.22. The maximum atomic E-state index is 12.7. The Hall–Kier alpha value is -1.88. The van der Waals surface area contributed by atoms with E-state index in [9.17, 15) is 4.79 Å². The summed E-state index contributed by atoms with van der Waals surface area (Å²) in [4.78, 5) is 20.4. The quantitative estimate of drug-likeness (QED) is 0.860. The lowest BCUT2D eigenvalue weighted by atomic mass is 10.1. The van der Waals surface area contributed by atoms with Gasteiger partial charge in [0.2, 0.25) is 0 Å². The molecule has 112 valence electrons. The van der Waals surface area contributed by atoms with Gasteiger partial charge in [-0.1, -0.05) is 13.0 Å². The third kappa shape index (κ3) is 2.93. The van der Waals surface area contributed by atoms with Crippen LogP contribution < -0.4 is 5.73 Å². The molecule has 0 bridgehead atoms. The second-order valence-corrected chi connectivity index (χ2v) is 6.14. The Morgan fingerprint density at radius 1 is 1.52 bits per heavy atom. The predicted octanol–water partition coefficient (Wildman–Crippen LogP) is 3.53.